The van der Waals surface area contributed by atoms with E-state index in [1.807, 2.05) is 17.3 Å². The molecule has 5 nitrogen and oxygen atoms in total. The fraction of sp³-hybridized carbons (Fsp3) is 0.765. The molecule has 3 rings (SSSR count). The molecule has 2 heterocycles. The standard InChI is InChI=1S/C17H28N4OS/c1-12(2)15-10-21(8-4-7-20(15)9-13-5-6-13)16(22)14-11-23-17(18-3)19-14/h11-13,15H,4-10H2,1-3H3,(H,18,19)/t15-/m1/s1. The van der Waals surface area contributed by atoms with Crippen molar-refractivity contribution in [3.63, 3.8) is 0 Å². The SMILES string of the molecule is CNc1nc(C(=O)N2CCCN(CC3CC3)[C@@H](C(C)C)C2)cs1. The molecule has 0 radical (unpaired) electrons. The second-order valence-corrected chi connectivity index (χ2v) is 8.00. The summed E-state index contributed by atoms with van der Waals surface area (Å²) in [6.07, 6.45) is 3.83. The molecule has 1 atom stereocenters. The summed E-state index contributed by atoms with van der Waals surface area (Å²) in [5, 5.41) is 5.68. The third-order valence-corrected chi connectivity index (χ3v) is 5.79. The maximum absolute atomic E-state index is 12.8. The van der Waals surface area contributed by atoms with Crippen molar-refractivity contribution in [1.82, 2.24) is 14.8 Å². The monoisotopic (exact) mass is 336 g/mol. The van der Waals surface area contributed by atoms with E-state index in [9.17, 15) is 4.79 Å². The number of carbonyl (C=O) groups is 1. The molecule has 1 aromatic heterocycles. The molecule has 1 aromatic rings. The molecule has 0 aromatic carbocycles. The molecule has 1 saturated heterocycles. The second kappa shape index (κ2) is 7.18. The number of nitrogens with zero attached hydrogens (tertiary/aromatic N) is 3. The topological polar surface area (TPSA) is 48.5 Å². The largest absolute Gasteiger partial charge is 0.365 e. The van der Waals surface area contributed by atoms with Crippen molar-refractivity contribution in [2.24, 2.45) is 11.8 Å². The lowest BCUT2D eigenvalue weighted by molar-refractivity contribution is 0.0699. The third-order valence-electron chi connectivity index (χ3n) is 4.93. The van der Waals surface area contributed by atoms with Gasteiger partial charge in [0.25, 0.3) is 5.91 Å². The number of carbonyl (C=O) groups excluding carboxylic acids is 1. The van der Waals surface area contributed by atoms with E-state index in [2.05, 4.69) is 29.0 Å². The average molecular weight is 337 g/mol. The maximum Gasteiger partial charge on any atom is 0.273 e. The first-order valence-electron chi connectivity index (χ1n) is 8.75. The third kappa shape index (κ3) is 4.04. The van der Waals surface area contributed by atoms with Crippen molar-refractivity contribution in [2.75, 3.05) is 38.5 Å². The number of amides is 1. The van der Waals surface area contributed by atoms with Gasteiger partial charge < -0.3 is 10.2 Å². The Morgan fingerprint density at radius 3 is 2.83 bits per heavy atom. The zero-order chi connectivity index (χ0) is 16.4. The van der Waals surface area contributed by atoms with Gasteiger partial charge in [-0.2, -0.15) is 0 Å². The molecule has 128 valence electrons. The van der Waals surface area contributed by atoms with Gasteiger partial charge in [0.2, 0.25) is 0 Å². The Bertz CT molecular complexity index is 540. The van der Waals surface area contributed by atoms with Crippen LogP contribution < -0.4 is 5.32 Å². The van der Waals surface area contributed by atoms with Crippen molar-refractivity contribution in [2.45, 2.75) is 39.2 Å². The van der Waals surface area contributed by atoms with Crippen LogP contribution in [0.1, 0.15) is 43.6 Å². The van der Waals surface area contributed by atoms with Crippen molar-refractivity contribution < 1.29 is 4.79 Å². The molecule has 23 heavy (non-hydrogen) atoms. The van der Waals surface area contributed by atoms with Crippen molar-refractivity contribution >= 4 is 22.4 Å². The van der Waals surface area contributed by atoms with Crippen LogP contribution in [0.5, 0.6) is 0 Å². The number of hydrogen-bond donors (Lipinski definition) is 1. The number of nitrogens with one attached hydrogen (secondary N) is 1. The Kier molecular flexibility index (Phi) is 5.21. The van der Waals surface area contributed by atoms with E-state index >= 15 is 0 Å². The first kappa shape index (κ1) is 16.7. The van der Waals surface area contributed by atoms with Gasteiger partial charge >= 0.3 is 0 Å². The molecule has 1 amide bonds. The van der Waals surface area contributed by atoms with Crippen LogP contribution in [-0.4, -0.2) is 60.0 Å². The Balaban J connectivity index is 1.70. The number of aromatic nitrogens is 1. The summed E-state index contributed by atoms with van der Waals surface area (Å²) in [6.45, 7) is 8.56. The minimum Gasteiger partial charge on any atom is -0.365 e. The summed E-state index contributed by atoms with van der Waals surface area (Å²) in [5.41, 5.74) is 0.581. The van der Waals surface area contributed by atoms with E-state index in [0.29, 0.717) is 17.7 Å². The lowest BCUT2D eigenvalue weighted by atomic mass is 10.0. The molecule has 0 unspecified atom stereocenters. The molecule has 0 spiro atoms. The van der Waals surface area contributed by atoms with E-state index in [4.69, 9.17) is 0 Å². The summed E-state index contributed by atoms with van der Waals surface area (Å²) in [4.78, 5) is 21.9. The highest BCUT2D eigenvalue weighted by Gasteiger charge is 2.33. The Morgan fingerprint density at radius 1 is 1.43 bits per heavy atom. The molecule has 2 fully saturated rings. The number of rotatable bonds is 5. The quantitative estimate of drug-likeness (QED) is 0.898. The molecule has 2 aliphatic rings. The van der Waals surface area contributed by atoms with Gasteiger partial charge in [-0.25, -0.2) is 4.98 Å². The molecular weight excluding hydrogens is 308 g/mol. The Hall–Kier alpha value is -1.14. The highest BCUT2D eigenvalue weighted by molar-refractivity contribution is 7.13. The smallest absolute Gasteiger partial charge is 0.273 e. The second-order valence-electron chi connectivity index (χ2n) is 7.14. The summed E-state index contributed by atoms with van der Waals surface area (Å²) >= 11 is 1.49. The van der Waals surface area contributed by atoms with Crippen molar-refractivity contribution in [3.05, 3.63) is 11.1 Å². The fourth-order valence-corrected chi connectivity index (χ4v) is 4.03. The van der Waals surface area contributed by atoms with Crippen LogP contribution in [0.15, 0.2) is 5.38 Å². The summed E-state index contributed by atoms with van der Waals surface area (Å²) < 4.78 is 0. The minimum atomic E-state index is 0.0849. The maximum atomic E-state index is 12.8. The van der Waals surface area contributed by atoms with Crippen LogP contribution >= 0.6 is 11.3 Å². The van der Waals surface area contributed by atoms with Gasteiger partial charge in [0.05, 0.1) is 0 Å². The zero-order valence-electron chi connectivity index (χ0n) is 14.4. The minimum absolute atomic E-state index is 0.0849. The fourth-order valence-electron chi connectivity index (χ4n) is 3.39. The van der Waals surface area contributed by atoms with Crippen LogP contribution in [0.4, 0.5) is 5.13 Å². The molecule has 1 N–H and O–H groups in total. The van der Waals surface area contributed by atoms with Gasteiger partial charge in [-0.15, -0.1) is 11.3 Å². The van der Waals surface area contributed by atoms with Gasteiger partial charge in [-0.3, -0.25) is 9.69 Å². The van der Waals surface area contributed by atoms with E-state index in [1.165, 1.54) is 30.7 Å². The van der Waals surface area contributed by atoms with Gasteiger partial charge in [-0.05, 0) is 31.1 Å². The van der Waals surface area contributed by atoms with Crippen LogP contribution in [0.2, 0.25) is 0 Å². The zero-order valence-corrected chi connectivity index (χ0v) is 15.2. The lowest BCUT2D eigenvalue weighted by Gasteiger charge is -2.34. The van der Waals surface area contributed by atoms with Gasteiger partial charge in [0, 0.05) is 44.6 Å². The van der Waals surface area contributed by atoms with Crippen LogP contribution in [-0.2, 0) is 0 Å². The first-order chi connectivity index (χ1) is 11.1. The highest BCUT2D eigenvalue weighted by Crippen LogP contribution is 2.32. The van der Waals surface area contributed by atoms with E-state index in [1.54, 1.807) is 0 Å². The average Bonchev–Trinajstić information content (AvgIpc) is 3.26. The Morgan fingerprint density at radius 2 is 2.22 bits per heavy atom. The number of anilines is 1. The van der Waals surface area contributed by atoms with Crippen LogP contribution in [0, 0.1) is 11.8 Å². The van der Waals surface area contributed by atoms with Crippen molar-refractivity contribution in [1.29, 1.82) is 0 Å². The molecule has 6 heteroatoms. The number of hydrogen-bond acceptors (Lipinski definition) is 5. The van der Waals surface area contributed by atoms with Crippen LogP contribution in [0.25, 0.3) is 0 Å². The molecule has 1 aliphatic carbocycles. The van der Waals surface area contributed by atoms with E-state index in [0.717, 1.165) is 37.1 Å². The van der Waals surface area contributed by atoms with E-state index < -0.39 is 0 Å². The molecule has 0 bridgehead atoms. The lowest BCUT2D eigenvalue weighted by Crippen LogP contribution is -2.46. The Labute approximate surface area is 143 Å². The highest BCUT2D eigenvalue weighted by atomic mass is 32.1. The van der Waals surface area contributed by atoms with Gasteiger partial charge in [-0.1, -0.05) is 13.8 Å². The molecule has 1 aliphatic heterocycles. The van der Waals surface area contributed by atoms with Crippen molar-refractivity contribution in [3.8, 4) is 0 Å². The molecular formula is C17H28N4OS. The molecule has 1 saturated carbocycles. The predicted octanol–water partition coefficient (Wildman–Crippen LogP) is 2.77. The first-order valence-corrected chi connectivity index (χ1v) is 9.63. The normalized spacial score (nSPS) is 23.1. The van der Waals surface area contributed by atoms with Gasteiger partial charge in [0.15, 0.2) is 5.13 Å². The van der Waals surface area contributed by atoms with Gasteiger partial charge in [0.1, 0.15) is 5.69 Å². The van der Waals surface area contributed by atoms with Crippen LogP contribution in [0.3, 0.4) is 0 Å². The van der Waals surface area contributed by atoms with E-state index in [-0.39, 0.29) is 5.91 Å². The predicted molar refractivity (Wildman–Crippen MR) is 95.1 cm³/mol. The number of thiazole rings is 1. The summed E-state index contributed by atoms with van der Waals surface area (Å²) in [5.74, 6) is 1.54. The summed E-state index contributed by atoms with van der Waals surface area (Å²) in [7, 11) is 1.84. The summed E-state index contributed by atoms with van der Waals surface area (Å²) in [6, 6.07) is 0.462.